The topological polar surface area (TPSA) is 49.0 Å². The molecule has 1 aliphatic heterocycles. The van der Waals surface area contributed by atoms with Gasteiger partial charge < -0.3 is 24.3 Å². The summed E-state index contributed by atoms with van der Waals surface area (Å²) in [6, 6.07) is 13.8. The summed E-state index contributed by atoms with van der Waals surface area (Å²) in [7, 11) is 1.65. The molecule has 1 saturated heterocycles. The first kappa shape index (κ1) is 19.8. The largest absolute Gasteiger partial charge is 0.493 e. The third kappa shape index (κ3) is 6.03. The van der Waals surface area contributed by atoms with E-state index in [9.17, 15) is 0 Å². The number of hydrogen-bond donors (Lipinski definition) is 1. The Labute approximate surface area is 165 Å². The van der Waals surface area contributed by atoms with Gasteiger partial charge in [-0.05, 0) is 42.7 Å². The van der Waals surface area contributed by atoms with Gasteiger partial charge in [0.25, 0.3) is 0 Å². The lowest BCUT2D eigenvalue weighted by Crippen LogP contribution is -2.36. The van der Waals surface area contributed by atoms with E-state index in [2.05, 4.69) is 5.32 Å². The number of hydrogen-bond acceptors (Lipinski definition) is 5. The maximum atomic E-state index is 6.07. The highest BCUT2D eigenvalue weighted by Gasteiger charge is 2.13. The van der Waals surface area contributed by atoms with Crippen LogP contribution in [0.2, 0.25) is 5.02 Å². The smallest absolute Gasteiger partial charge is 0.161 e. The van der Waals surface area contributed by atoms with Gasteiger partial charge in [0.1, 0.15) is 19.0 Å². The molecule has 0 radical (unpaired) electrons. The van der Waals surface area contributed by atoms with Crippen LogP contribution in [0.25, 0.3) is 0 Å². The number of nitrogens with one attached hydrogen (secondary N) is 1. The maximum absolute atomic E-state index is 6.07. The fourth-order valence-electron chi connectivity index (χ4n) is 2.97. The Kier molecular flexibility index (Phi) is 7.63. The summed E-state index contributed by atoms with van der Waals surface area (Å²) in [5.74, 6) is 2.07. The van der Waals surface area contributed by atoms with Crippen LogP contribution in [0.5, 0.6) is 17.2 Å². The Bertz CT molecular complexity index is 719. The molecule has 1 N–H and O–H groups in total. The van der Waals surface area contributed by atoms with Gasteiger partial charge in [0.2, 0.25) is 0 Å². The Morgan fingerprint density at radius 2 is 1.89 bits per heavy atom. The van der Waals surface area contributed by atoms with Crippen LogP contribution in [-0.4, -0.2) is 39.6 Å². The third-order valence-electron chi connectivity index (χ3n) is 4.42. The average Bonchev–Trinajstić information content (AvgIpc) is 2.72. The zero-order chi connectivity index (χ0) is 18.9. The molecule has 1 unspecified atom stereocenters. The number of rotatable bonds is 9. The van der Waals surface area contributed by atoms with Gasteiger partial charge in [0.15, 0.2) is 11.5 Å². The van der Waals surface area contributed by atoms with Crippen molar-refractivity contribution in [1.29, 1.82) is 0 Å². The first-order chi connectivity index (χ1) is 13.3. The molecule has 2 aromatic carbocycles. The van der Waals surface area contributed by atoms with Crippen molar-refractivity contribution in [3.63, 3.8) is 0 Å². The number of methoxy groups -OCH3 is 1. The van der Waals surface area contributed by atoms with Crippen LogP contribution in [0.15, 0.2) is 42.5 Å². The first-order valence-corrected chi connectivity index (χ1v) is 9.62. The molecule has 2 aromatic rings. The van der Waals surface area contributed by atoms with Gasteiger partial charge in [-0.1, -0.05) is 29.8 Å². The van der Waals surface area contributed by atoms with Gasteiger partial charge in [-0.3, -0.25) is 0 Å². The minimum Gasteiger partial charge on any atom is -0.493 e. The van der Waals surface area contributed by atoms with Crippen molar-refractivity contribution in [3.8, 4) is 17.2 Å². The van der Waals surface area contributed by atoms with Crippen LogP contribution in [-0.2, 0) is 11.3 Å². The molecule has 1 aliphatic rings. The summed E-state index contributed by atoms with van der Waals surface area (Å²) in [5, 5.41) is 4.12. The van der Waals surface area contributed by atoms with Crippen molar-refractivity contribution in [2.24, 2.45) is 0 Å². The molecule has 0 bridgehead atoms. The van der Waals surface area contributed by atoms with Gasteiger partial charge >= 0.3 is 0 Å². The molecule has 0 saturated carbocycles. The van der Waals surface area contributed by atoms with E-state index in [4.69, 9.17) is 30.5 Å². The number of halogens is 1. The fourth-order valence-corrected chi connectivity index (χ4v) is 3.16. The lowest BCUT2D eigenvalue weighted by atomic mass is 10.1. The number of benzene rings is 2. The Morgan fingerprint density at radius 3 is 2.63 bits per heavy atom. The Morgan fingerprint density at radius 1 is 1.07 bits per heavy atom. The van der Waals surface area contributed by atoms with Crippen molar-refractivity contribution in [2.45, 2.75) is 25.4 Å². The van der Waals surface area contributed by atoms with Gasteiger partial charge in [-0.15, -0.1) is 0 Å². The minimum atomic E-state index is 0.401. The van der Waals surface area contributed by atoms with Crippen LogP contribution in [0.4, 0.5) is 0 Å². The standard InChI is InChI=1S/C21H26ClNO4/c1-24-21-13-16(14-23-17-5-4-10-25-15-17)8-9-20(21)27-12-11-26-19-7-3-2-6-18(19)22/h2-3,6-9,13,17,23H,4-5,10-12,14-15H2,1H3. The summed E-state index contributed by atoms with van der Waals surface area (Å²) in [4.78, 5) is 0. The molecule has 0 aromatic heterocycles. The summed E-state index contributed by atoms with van der Waals surface area (Å²) in [6.07, 6.45) is 2.27. The summed E-state index contributed by atoms with van der Waals surface area (Å²) < 4.78 is 22.4. The lowest BCUT2D eigenvalue weighted by Gasteiger charge is -2.23. The van der Waals surface area contributed by atoms with E-state index in [1.165, 1.54) is 0 Å². The molecular weight excluding hydrogens is 366 g/mol. The van der Waals surface area contributed by atoms with Crippen molar-refractivity contribution in [2.75, 3.05) is 33.5 Å². The first-order valence-electron chi connectivity index (χ1n) is 9.24. The zero-order valence-electron chi connectivity index (χ0n) is 15.6. The van der Waals surface area contributed by atoms with E-state index in [0.29, 0.717) is 41.5 Å². The molecule has 0 amide bonds. The molecule has 1 atom stereocenters. The lowest BCUT2D eigenvalue weighted by molar-refractivity contribution is 0.0699. The van der Waals surface area contributed by atoms with Crippen molar-refractivity contribution < 1.29 is 18.9 Å². The van der Waals surface area contributed by atoms with Crippen LogP contribution >= 0.6 is 11.6 Å². The third-order valence-corrected chi connectivity index (χ3v) is 4.73. The van der Waals surface area contributed by atoms with Gasteiger partial charge in [-0.2, -0.15) is 0 Å². The number of para-hydroxylation sites is 1. The predicted molar refractivity (Wildman–Crippen MR) is 106 cm³/mol. The normalized spacial score (nSPS) is 16.7. The van der Waals surface area contributed by atoms with Crippen LogP contribution < -0.4 is 19.5 Å². The maximum Gasteiger partial charge on any atom is 0.161 e. The molecule has 1 fully saturated rings. The minimum absolute atomic E-state index is 0.401. The molecule has 1 heterocycles. The van der Waals surface area contributed by atoms with Gasteiger partial charge in [0.05, 0.1) is 18.7 Å². The second-order valence-electron chi connectivity index (χ2n) is 6.41. The van der Waals surface area contributed by atoms with Crippen LogP contribution in [0.1, 0.15) is 18.4 Å². The van der Waals surface area contributed by atoms with Crippen molar-refractivity contribution >= 4 is 11.6 Å². The summed E-state index contributed by atoms with van der Waals surface area (Å²) in [6.45, 7) is 3.23. The molecule has 3 rings (SSSR count). The highest BCUT2D eigenvalue weighted by Crippen LogP contribution is 2.28. The SMILES string of the molecule is COc1cc(CNC2CCCOC2)ccc1OCCOc1ccccc1Cl. The summed E-state index contributed by atoms with van der Waals surface area (Å²) in [5.41, 5.74) is 1.15. The van der Waals surface area contributed by atoms with Crippen molar-refractivity contribution in [3.05, 3.63) is 53.1 Å². The van der Waals surface area contributed by atoms with E-state index in [1.54, 1.807) is 13.2 Å². The Balaban J connectivity index is 1.47. The van der Waals surface area contributed by atoms with E-state index in [-0.39, 0.29) is 0 Å². The molecule has 0 spiro atoms. The monoisotopic (exact) mass is 391 g/mol. The Hall–Kier alpha value is -1.95. The molecule has 0 aliphatic carbocycles. The molecule has 146 valence electrons. The fraction of sp³-hybridized carbons (Fsp3) is 0.429. The predicted octanol–water partition coefficient (Wildman–Crippen LogP) is 4.08. The highest BCUT2D eigenvalue weighted by atomic mass is 35.5. The second-order valence-corrected chi connectivity index (χ2v) is 6.81. The van der Waals surface area contributed by atoms with Gasteiger partial charge in [-0.25, -0.2) is 0 Å². The molecule has 5 nitrogen and oxygen atoms in total. The van der Waals surface area contributed by atoms with Crippen molar-refractivity contribution in [1.82, 2.24) is 5.32 Å². The molecule has 27 heavy (non-hydrogen) atoms. The average molecular weight is 392 g/mol. The van der Waals surface area contributed by atoms with E-state index in [0.717, 1.165) is 38.2 Å². The quantitative estimate of drug-likeness (QED) is 0.653. The van der Waals surface area contributed by atoms with E-state index < -0.39 is 0 Å². The number of ether oxygens (including phenoxy) is 4. The van der Waals surface area contributed by atoms with Crippen LogP contribution in [0, 0.1) is 0 Å². The van der Waals surface area contributed by atoms with Crippen LogP contribution in [0.3, 0.4) is 0 Å². The molecular formula is C21H26ClNO4. The zero-order valence-corrected chi connectivity index (χ0v) is 16.3. The molecule has 6 heteroatoms. The second kappa shape index (κ2) is 10.4. The van der Waals surface area contributed by atoms with E-state index in [1.807, 2.05) is 36.4 Å². The summed E-state index contributed by atoms with van der Waals surface area (Å²) >= 11 is 6.07. The van der Waals surface area contributed by atoms with E-state index >= 15 is 0 Å². The highest BCUT2D eigenvalue weighted by molar-refractivity contribution is 6.32. The van der Waals surface area contributed by atoms with Gasteiger partial charge in [0, 0.05) is 19.2 Å².